The smallest absolute Gasteiger partial charge is 0.227 e. The van der Waals surface area contributed by atoms with Gasteiger partial charge in [-0.1, -0.05) is 35.9 Å². The quantitative estimate of drug-likeness (QED) is 0.821. The van der Waals surface area contributed by atoms with Crippen molar-refractivity contribution in [2.24, 2.45) is 0 Å². The molecule has 1 N–H and O–H groups in total. The number of rotatable bonds is 1. The van der Waals surface area contributed by atoms with Gasteiger partial charge in [0.05, 0.1) is 5.69 Å². The first-order valence-corrected chi connectivity index (χ1v) is 8.27. The van der Waals surface area contributed by atoms with Crippen LogP contribution >= 0.6 is 11.6 Å². The zero-order valence-corrected chi connectivity index (χ0v) is 13.2. The molecule has 0 radical (unpaired) electrons. The molecule has 0 spiro atoms. The third-order valence-electron chi connectivity index (χ3n) is 4.53. The second-order valence-corrected chi connectivity index (χ2v) is 6.29. The van der Waals surface area contributed by atoms with Gasteiger partial charge in [-0.05, 0) is 30.5 Å². The molecule has 0 saturated heterocycles. The molecule has 1 aromatic carbocycles. The van der Waals surface area contributed by atoms with E-state index in [1.807, 2.05) is 0 Å². The zero-order chi connectivity index (χ0) is 14.9. The van der Waals surface area contributed by atoms with Crippen LogP contribution in [0.25, 0.3) is 0 Å². The van der Waals surface area contributed by atoms with Crippen molar-refractivity contribution in [1.82, 2.24) is 15.3 Å². The second-order valence-electron chi connectivity index (χ2n) is 5.93. The van der Waals surface area contributed by atoms with E-state index in [0.29, 0.717) is 5.15 Å². The van der Waals surface area contributed by atoms with Crippen LogP contribution < -0.4 is 10.2 Å². The predicted octanol–water partition coefficient (Wildman–Crippen LogP) is 2.38. The van der Waals surface area contributed by atoms with Crippen LogP contribution in [0.4, 0.5) is 5.95 Å². The maximum Gasteiger partial charge on any atom is 0.227 e. The summed E-state index contributed by atoms with van der Waals surface area (Å²) in [5.41, 5.74) is 5.03. The van der Waals surface area contributed by atoms with Crippen molar-refractivity contribution in [3.05, 3.63) is 51.8 Å². The first-order valence-electron chi connectivity index (χ1n) is 7.89. The number of hydrogen-bond acceptors (Lipinski definition) is 4. The van der Waals surface area contributed by atoms with E-state index in [1.54, 1.807) is 0 Å². The molecule has 0 atom stereocenters. The Morgan fingerprint density at radius 2 is 1.82 bits per heavy atom. The number of aromatic nitrogens is 2. The normalized spacial score (nSPS) is 17.6. The van der Waals surface area contributed by atoms with Gasteiger partial charge >= 0.3 is 0 Å². The number of halogens is 1. The van der Waals surface area contributed by atoms with E-state index < -0.39 is 0 Å². The van der Waals surface area contributed by atoms with Crippen molar-refractivity contribution in [3.8, 4) is 0 Å². The molecular weight excluding hydrogens is 296 g/mol. The largest absolute Gasteiger partial charge is 0.336 e. The Morgan fingerprint density at radius 1 is 1.00 bits per heavy atom. The Balaban J connectivity index is 1.66. The first-order chi connectivity index (χ1) is 10.8. The van der Waals surface area contributed by atoms with E-state index in [0.717, 1.165) is 62.6 Å². The summed E-state index contributed by atoms with van der Waals surface area (Å²) in [5, 5.41) is 4.02. The standard InChI is InChI=1S/C17H19ClN4/c18-16-14-5-8-19-9-6-15(14)20-17(21-16)22-10-7-12-3-1-2-4-13(12)11-22/h1-4,19H,5-11H2. The third-order valence-corrected chi connectivity index (χ3v) is 4.85. The molecule has 5 heteroatoms. The fourth-order valence-electron chi connectivity index (χ4n) is 3.29. The van der Waals surface area contributed by atoms with Crippen LogP contribution in [0, 0.1) is 0 Å². The maximum absolute atomic E-state index is 6.43. The van der Waals surface area contributed by atoms with Gasteiger partial charge in [0, 0.05) is 31.6 Å². The molecule has 22 heavy (non-hydrogen) atoms. The molecule has 0 fully saturated rings. The molecule has 2 aliphatic rings. The number of nitrogens with zero attached hydrogens (tertiary/aromatic N) is 3. The van der Waals surface area contributed by atoms with Crippen LogP contribution in [-0.2, 0) is 25.8 Å². The average molecular weight is 315 g/mol. The van der Waals surface area contributed by atoms with Crippen LogP contribution in [0.2, 0.25) is 5.15 Å². The van der Waals surface area contributed by atoms with Gasteiger partial charge < -0.3 is 10.2 Å². The fraction of sp³-hybridized carbons (Fsp3) is 0.412. The number of fused-ring (bicyclic) bond motifs is 2. The molecule has 0 amide bonds. The number of hydrogen-bond donors (Lipinski definition) is 1. The summed E-state index contributed by atoms with van der Waals surface area (Å²) in [6.07, 6.45) is 2.88. The molecule has 2 aliphatic heterocycles. The lowest BCUT2D eigenvalue weighted by Gasteiger charge is -2.29. The molecule has 0 unspecified atom stereocenters. The van der Waals surface area contributed by atoms with Crippen LogP contribution in [-0.4, -0.2) is 29.6 Å². The summed E-state index contributed by atoms with van der Waals surface area (Å²) in [6.45, 7) is 3.73. The van der Waals surface area contributed by atoms with Gasteiger partial charge in [-0.25, -0.2) is 9.97 Å². The van der Waals surface area contributed by atoms with Crippen molar-refractivity contribution >= 4 is 17.5 Å². The van der Waals surface area contributed by atoms with Crippen LogP contribution in [0.15, 0.2) is 24.3 Å². The number of nitrogens with one attached hydrogen (secondary N) is 1. The molecule has 4 rings (SSSR count). The van der Waals surface area contributed by atoms with Gasteiger partial charge in [0.2, 0.25) is 5.95 Å². The Hall–Kier alpha value is -1.65. The van der Waals surface area contributed by atoms with Gasteiger partial charge in [0.1, 0.15) is 5.15 Å². The van der Waals surface area contributed by atoms with E-state index in [2.05, 4.69) is 39.5 Å². The molecule has 114 valence electrons. The lowest BCUT2D eigenvalue weighted by atomic mass is 10.0. The minimum Gasteiger partial charge on any atom is -0.336 e. The van der Waals surface area contributed by atoms with Crippen LogP contribution in [0.5, 0.6) is 0 Å². The van der Waals surface area contributed by atoms with E-state index in [9.17, 15) is 0 Å². The SMILES string of the molecule is Clc1nc(N2CCc3ccccc3C2)nc2c1CCNCC2. The van der Waals surface area contributed by atoms with Crippen molar-refractivity contribution in [1.29, 1.82) is 0 Å². The van der Waals surface area contributed by atoms with E-state index >= 15 is 0 Å². The summed E-state index contributed by atoms with van der Waals surface area (Å²) < 4.78 is 0. The van der Waals surface area contributed by atoms with Crippen LogP contribution in [0.3, 0.4) is 0 Å². The highest BCUT2D eigenvalue weighted by Gasteiger charge is 2.21. The van der Waals surface area contributed by atoms with Crippen molar-refractivity contribution in [2.75, 3.05) is 24.5 Å². The number of anilines is 1. The minimum absolute atomic E-state index is 0.627. The molecule has 1 aromatic heterocycles. The highest BCUT2D eigenvalue weighted by atomic mass is 35.5. The molecule has 2 aromatic rings. The van der Waals surface area contributed by atoms with Gasteiger partial charge in [-0.15, -0.1) is 0 Å². The van der Waals surface area contributed by atoms with Gasteiger partial charge in [-0.3, -0.25) is 0 Å². The highest BCUT2D eigenvalue weighted by molar-refractivity contribution is 6.30. The van der Waals surface area contributed by atoms with Crippen molar-refractivity contribution in [3.63, 3.8) is 0 Å². The predicted molar refractivity (Wildman–Crippen MR) is 88.5 cm³/mol. The molecule has 0 aliphatic carbocycles. The summed E-state index contributed by atoms with van der Waals surface area (Å²) in [5.74, 6) is 0.778. The van der Waals surface area contributed by atoms with Crippen LogP contribution in [0.1, 0.15) is 22.4 Å². The van der Waals surface area contributed by atoms with Crippen molar-refractivity contribution < 1.29 is 0 Å². The molecule has 3 heterocycles. The average Bonchev–Trinajstić information content (AvgIpc) is 2.80. The van der Waals surface area contributed by atoms with Crippen molar-refractivity contribution in [2.45, 2.75) is 25.8 Å². The summed E-state index contributed by atoms with van der Waals surface area (Å²) in [4.78, 5) is 11.6. The Bertz CT molecular complexity index is 701. The first kappa shape index (κ1) is 14.0. The number of benzene rings is 1. The summed E-state index contributed by atoms with van der Waals surface area (Å²) in [6, 6.07) is 8.61. The summed E-state index contributed by atoms with van der Waals surface area (Å²) in [7, 11) is 0. The minimum atomic E-state index is 0.627. The van der Waals surface area contributed by atoms with E-state index in [1.165, 1.54) is 11.1 Å². The van der Waals surface area contributed by atoms with Gasteiger partial charge in [0.15, 0.2) is 0 Å². The van der Waals surface area contributed by atoms with E-state index in [4.69, 9.17) is 16.6 Å². The topological polar surface area (TPSA) is 41.1 Å². The molecule has 0 bridgehead atoms. The fourth-order valence-corrected chi connectivity index (χ4v) is 3.57. The monoisotopic (exact) mass is 314 g/mol. The lowest BCUT2D eigenvalue weighted by molar-refractivity contribution is 0.697. The molecule has 0 saturated carbocycles. The Labute approximate surface area is 135 Å². The van der Waals surface area contributed by atoms with Gasteiger partial charge in [0.25, 0.3) is 0 Å². The Kier molecular flexibility index (Phi) is 3.72. The highest BCUT2D eigenvalue weighted by Crippen LogP contribution is 2.26. The van der Waals surface area contributed by atoms with E-state index in [-0.39, 0.29) is 0 Å². The third kappa shape index (κ3) is 2.57. The maximum atomic E-state index is 6.43. The lowest BCUT2D eigenvalue weighted by Crippen LogP contribution is -2.32. The second kappa shape index (κ2) is 5.86. The zero-order valence-electron chi connectivity index (χ0n) is 12.5. The summed E-state index contributed by atoms with van der Waals surface area (Å²) >= 11 is 6.43. The molecular formula is C17H19ClN4. The Morgan fingerprint density at radius 3 is 2.73 bits per heavy atom. The van der Waals surface area contributed by atoms with Gasteiger partial charge in [-0.2, -0.15) is 0 Å². The molecule has 4 nitrogen and oxygen atoms in total.